The standard InChI is InChI=1S/C8H17NO3/c1-10-5-8(11-2)6-12-7-3-9-4-7/h7-9H,3-6H2,1-2H3. The minimum atomic E-state index is 0.0654. The van der Waals surface area contributed by atoms with Gasteiger partial charge in [0.05, 0.1) is 19.3 Å². The molecule has 0 aliphatic carbocycles. The van der Waals surface area contributed by atoms with Crippen LogP contribution in [0.3, 0.4) is 0 Å². The van der Waals surface area contributed by atoms with Crippen LogP contribution >= 0.6 is 0 Å². The predicted octanol–water partition coefficient (Wildman–Crippen LogP) is -0.364. The number of nitrogens with one attached hydrogen (secondary N) is 1. The third-order valence-electron chi connectivity index (χ3n) is 1.95. The van der Waals surface area contributed by atoms with Crippen LogP contribution in [0.5, 0.6) is 0 Å². The summed E-state index contributed by atoms with van der Waals surface area (Å²) in [4.78, 5) is 0. The lowest BCUT2D eigenvalue weighted by Gasteiger charge is -2.28. The molecule has 0 bridgehead atoms. The Kier molecular flexibility index (Phi) is 4.53. The molecule has 0 aromatic rings. The van der Waals surface area contributed by atoms with Crippen molar-refractivity contribution in [1.82, 2.24) is 5.32 Å². The van der Waals surface area contributed by atoms with Crippen LogP contribution in [0, 0.1) is 0 Å². The number of rotatable bonds is 6. The van der Waals surface area contributed by atoms with Gasteiger partial charge in [0.1, 0.15) is 6.10 Å². The van der Waals surface area contributed by atoms with E-state index in [9.17, 15) is 0 Å². The van der Waals surface area contributed by atoms with Crippen LogP contribution in [0.15, 0.2) is 0 Å². The molecule has 1 unspecified atom stereocenters. The molecule has 1 fully saturated rings. The Morgan fingerprint density at radius 3 is 2.50 bits per heavy atom. The quantitative estimate of drug-likeness (QED) is 0.598. The molecule has 4 heteroatoms. The van der Waals surface area contributed by atoms with E-state index in [2.05, 4.69) is 5.32 Å². The fourth-order valence-electron chi connectivity index (χ4n) is 0.994. The number of methoxy groups -OCH3 is 2. The molecule has 1 N–H and O–H groups in total. The van der Waals surface area contributed by atoms with Crippen molar-refractivity contribution in [2.75, 3.05) is 40.5 Å². The van der Waals surface area contributed by atoms with Gasteiger partial charge in [-0.1, -0.05) is 0 Å². The van der Waals surface area contributed by atoms with E-state index in [-0.39, 0.29) is 6.10 Å². The van der Waals surface area contributed by atoms with E-state index in [1.54, 1.807) is 14.2 Å². The topological polar surface area (TPSA) is 39.7 Å². The Bertz CT molecular complexity index is 117. The largest absolute Gasteiger partial charge is 0.382 e. The lowest BCUT2D eigenvalue weighted by Crippen LogP contribution is -2.49. The van der Waals surface area contributed by atoms with E-state index in [0.717, 1.165) is 13.1 Å². The summed E-state index contributed by atoms with van der Waals surface area (Å²) in [7, 11) is 3.34. The van der Waals surface area contributed by atoms with Gasteiger partial charge in [-0.05, 0) is 0 Å². The minimum Gasteiger partial charge on any atom is -0.382 e. The molecule has 0 saturated carbocycles. The average molecular weight is 175 g/mol. The molecule has 72 valence electrons. The van der Waals surface area contributed by atoms with Gasteiger partial charge in [-0.3, -0.25) is 0 Å². The van der Waals surface area contributed by atoms with Gasteiger partial charge in [0.2, 0.25) is 0 Å². The number of ether oxygens (including phenoxy) is 3. The van der Waals surface area contributed by atoms with Gasteiger partial charge in [-0.15, -0.1) is 0 Å². The van der Waals surface area contributed by atoms with Crippen LogP contribution in [0.1, 0.15) is 0 Å². The summed E-state index contributed by atoms with van der Waals surface area (Å²) >= 11 is 0. The highest BCUT2D eigenvalue weighted by molar-refractivity contribution is 4.75. The minimum absolute atomic E-state index is 0.0654. The van der Waals surface area contributed by atoms with E-state index in [1.807, 2.05) is 0 Å². The molecular formula is C8H17NO3. The molecule has 0 spiro atoms. The van der Waals surface area contributed by atoms with Gasteiger partial charge < -0.3 is 19.5 Å². The van der Waals surface area contributed by atoms with Crippen LogP contribution in [-0.2, 0) is 14.2 Å². The highest BCUT2D eigenvalue weighted by Crippen LogP contribution is 2.00. The molecule has 12 heavy (non-hydrogen) atoms. The Morgan fingerprint density at radius 2 is 2.08 bits per heavy atom. The van der Waals surface area contributed by atoms with Crippen LogP contribution < -0.4 is 5.32 Å². The molecule has 0 amide bonds. The van der Waals surface area contributed by atoms with Gasteiger partial charge in [0, 0.05) is 27.3 Å². The highest BCUT2D eigenvalue weighted by atomic mass is 16.6. The van der Waals surface area contributed by atoms with Gasteiger partial charge in [0.25, 0.3) is 0 Å². The smallest absolute Gasteiger partial charge is 0.104 e. The number of hydrogen-bond acceptors (Lipinski definition) is 4. The van der Waals surface area contributed by atoms with Gasteiger partial charge in [-0.2, -0.15) is 0 Å². The van der Waals surface area contributed by atoms with Crippen LogP contribution in [0.25, 0.3) is 0 Å². The maximum absolute atomic E-state index is 5.52. The Labute approximate surface area is 73.2 Å². The maximum atomic E-state index is 5.52. The second-order valence-electron chi connectivity index (χ2n) is 2.93. The zero-order chi connectivity index (χ0) is 8.81. The fraction of sp³-hybridized carbons (Fsp3) is 1.00. The van der Waals surface area contributed by atoms with Crippen molar-refractivity contribution in [1.29, 1.82) is 0 Å². The van der Waals surface area contributed by atoms with Gasteiger partial charge >= 0.3 is 0 Å². The zero-order valence-corrected chi connectivity index (χ0v) is 7.71. The zero-order valence-electron chi connectivity index (χ0n) is 7.71. The Hall–Kier alpha value is -0.160. The number of hydrogen-bond donors (Lipinski definition) is 1. The Balaban J connectivity index is 2.01. The van der Waals surface area contributed by atoms with Crippen molar-refractivity contribution in [3.05, 3.63) is 0 Å². The van der Waals surface area contributed by atoms with Crippen LogP contribution in [0.2, 0.25) is 0 Å². The molecule has 0 aromatic heterocycles. The predicted molar refractivity (Wildman–Crippen MR) is 45.3 cm³/mol. The summed E-state index contributed by atoms with van der Waals surface area (Å²) < 4.78 is 15.6. The van der Waals surface area contributed by atoms with E-state index < -0.39 is 0 Å². The molecule has 1 heterocycles. The summed E-state index contributed by atoms with van der Waals surface area (Å²) in [6.07, 6.45) is 0.440. The average Bonchev–Trinajstić information content (AvgIpc) is 2.00. The summed E-state index contributed by atoms with van der Waals surface area (Å²) in [5.74, 6) is 0. The molecule has 1 aliphatic rings. The van der Waals surface area contributed by atoms with Crippen molar-refractivity contribution in [2.45, 2.75) is 12.2 Å². The lowest BCUT2D eigenvalue weighted by atomic mass is 10.2. The third-order valence-corrected chi connectivity index (χ3v) is 1.95. The summed E-state index contributed by atoms with van der Waals surface area (Å²) in [6, 6.07) is 0. The third kappa shape index (κ3) is 3.06. The van der Waals surface area contributed by atoms with Crippen molar-refractivity contribution < 1.29 is 14.2 Å². The molecule has 1 atom stereocenters. The van der Waals surface area contributed by atoms with Crippen molar-refractivity contribution in [3.63, 3.8) is 0 Å². The van der Waals surface area contributed by atoms with E-state index in [1.165, 1.54) is 0 Å². The van der Waals surface area contributed by atoms with E-state index in [4.69, 9.17) is 14.2 Å². The first-order valence-electron chi connectivity index (χ1n) is 4.21. The molecule has 1 aliphatic heterocycles. The Morgan fingerprint density at radius 1 is 1.33 bits per heavy atom. The van der Waals surface area contributed by atoms with Gasteiger partial charge in [-0.25, -0.2) is 0 Å². The lowest BCUT2D eigenvalue weighted by molar-refractivity contribution is -0.0658. The van der Waals surface area contributed by atoms with Crippen molar-refractivity contribution in [2.24, 2.45) is 0 Å². The highest BCUT2D eigenvalue weighted by Gasteiger charge is 2.18. The first kappa shape index (κ1) is 9.92. The second-order valence-corrected chi connectivity index (χ2v) is 2.93. The molecule has 1 saturated heterocycles. The molecule has 4 nitrogen and oxygen atoms in total. The van der Waals surface area contributed by atoms with Crippen molar-refractivity contribution in [3.8, 4) is 0 Å². The second kappa shape index (κ2) is 5.48. The summed E-state index contributed by atoms with van der Waals surface area (Å²) in [5, 5.41) is 3.14. The van der Waals surface area contributed by atoms with Crippen molar-refractivity contribution >= 4 is 0 Å². The van der Waals surface area contributed by atoms with Crippen LogP contribution in [-0.4, -0.2) is 52.7 Å². The first-order valence-corrected chi connectivity index (χ1v) is 4.21. The monoisotopic (exact) mass is 175 g/mol. The molecule has 0 radical (unpaired) electrons. The summed E-state index contributed by atoms with van der Waals surface area (Å²) in [6.45, 7) is 3.14. The molecular weight excluding hydrogens is 158 g/mol. The molecule has 0 aromatic carbocycles. The SMILES string of the molecule is COCC(COC1CNC1)OC. The summed E-state index contributed by atoms with van der Waals surface area (Å²) in [5.41, 5.74) is 0. The maximum Gasteiger partial charge on any atom is 0.104 e. The first-order chi connectivity index (χ1) is 5.86. The van der Waals surface area contributed by atoms with E-state index in [0.29, 0.717) is 19.3 Å². The van der Waals surface area contributed by atoms with Crippen LogP contribution in [0.4, 0.5) is 0 Å². The fourth-order valence-corrected chi connectivity index (χ4v) is 0.994. The normalized spacial score (nSPS) is 20.5. The van der Waals surface area contributed by atoms with E-state index >= 15 is 0 Å². The van der Waals surface area contributed by atoms with Gasteiger partial charge in [0.15, 0.2) is 0 Å². The molecule has 1 rings (SSSR count).